The van der Waals surface area contributed by atoms with Crippen LogP contribution in [0.4, 0.5) is 0 Å². The molecule has 0 aromatic rings. The number of hydrogen-bond donors (Lipinski definition) is 1. The number of rotatable bonds is 4. The minimum atomic E-state index is 0. The maximum atomic E-state index is 2.25. The van der Waals surface area contributed by atoms with Crippen molar-refractivity contribution in [1.29, 1.82) is 0 Å². The van der Waals surface area contributed by atoms with Crippen LogP contribution in [0, 0.1) is 37.7 Å². The van der Waals surface area contributed by atoms with Gasteiger partial charge >= 0.3 is 0 Å². The smallest absolute Gasteiger partial charge is 0 e. The molecule has 9 heavy (non-hydrogen) atoms. The normalized spacial score (nSPS) is 7.33. The first kappa shape index (κ1) is 16.7. The molecule has 0 bridgehead atoms. The summed E-state index contributed by atoms with van der Waals surface area (Å²) in [7, 11) is 0. The molecule has 0 aromatic heterocycles. The Kier molecular flexibility index (Phi) is 29.8. The van der Waals surface area contributed by atoms with E-state index >= 15 is 0 Å². The molecular weight excluding hydrogens is 138 g/mol. The van der Waals surface area contributed by atoms with Crippen molar-refractivity contribution in [2.75, 3.05) is 0 Å². The second kappa shape index (κ2) is 16.1. The van der Waals surface area contributed by atoms with Crippen molar-refractivity contribution in [2.24, 2.45) is 0 Å². The zero-order valence-electron chi connectivity index (χ0n) is 6.60. The average Bonchev–Trinajstić information content (AvgIpc) is 1.69. The molecule has 0 aromatic carbocycles. The Hall–Kier alpha value is 1.22. The van der Waals surface area contributed by atoms with Crippen LogP contribution >= 0.6 is 0 Å². The minimum Gasteiger partial charge on any atom is -0.344 e. The van der Waals surface area contributed by atoms with Gasteiger partial charge in [0.1, 0.15) is 0 Å². The van der Waals surface area contributed by atoms with Crippen LogP contribution in [0.2, 0.25) is 0 Å². The van der Waals surface area contributed by atoms with E-state index in [0.29, 0.717) is 0 Å². The Balaban J connectivity index is -0.000000180. The molecule has 0 aliphatic rings. The third-order valence-electron chi connectivity index (χ3n) is 1.21. The quantitative estimate of drug-likeness (QED) is 0.625. The molecule has 2 heteroatoms. The van der Waals surface area contributed by atoms with Gasteiger partial charge in [0.2, 0.25) is 0 Å². The van der Waals surface area contributed by atoms with Crippen LogP contribution in [0.3, 0.4) is 0 Å². The standard InChI is InChI=1S/C7H16.Ar.H3N/c1-3-5-7-6-4-2;;/h3-7H2,1-2H3;;1H3. The molecular formula is C7H19ArN. The second-order valence-corrected chi connectivity index (χ2v) is 2.06. The van der Waals surface area contributed by atoms with E-state index in [1.54, 1.807) is 0 Å². The van der Waals surface area contributed by atoms with Crippen LogP contribution in [0.15, 0.2) is 0 Å². The average molecular weight is 157 g/mol. The van der Waals surface area contributed by atoms with Crippen LogP contribution in [0.5, 0.6) is 0 Å². The predicted molar refractivity (Wildman–Crippen MR) is 39.5 cm³/mol. The van der Waals surface area contributed by atoms with Gasteiger partial charge in [0, 0.05) is 37.7 Å². The molecule has 0 rings (SSSR count). The zero-order valence-corrected chi connectivity index (χ0v) is 7.30. The Bertz CT molecular complexity index is 28.1. The zero-order chi connectivity index (χ0) is 5.54. The van der Waals surface area contributed by atoms with Crippen molar-refractivity contribution in [3.05, 3.63) is 0 Å². The fourth-order valence-corrected chi connectivity index (χ4v) is 0.677. The number of hydrogen-bond acceptors (Lipinski definition) is 1. The van der Waals surface area contributed by atoms with Gasteiger partial charge < -0.3 is 6.15 Å². The maximum Gasteiger partial charge on any atom is 0 e. The minimum absolute atomic E-state index is 0. The molecule has 0 spiro atoms. The summed E-state index contributed by atoms with van der Waals surface area (Å²) in [5, 5.41) is 0. The van der Waals surface area contributed by atoms with Crippen LogP contribution in [0.25, 0.3) is 0 Å². The fourth-order valence-electron chi connectivity index (χ4n) is 0.677. The molecule has 0 unspecified atom stereocenters. The van der Waals surface area contributed by atoms with E-state index in [4.69, 9.17) is 0 Å². The third kappa shape index (κ3) is 17.6. The topological polar surface area (TPSA) is 35.0 Å². The molecule has 0 atom stereocenters. The van der Waals surface area contributed by atoms with Gasteiger partial charge in [0.15, 0.2) is 0 Å². The molecule has 0 aliphatic carbocycles. The predicted octanol–water partition coefficient (Wildman–Crippen LogP) is 3.14. The Morgan fingerprint density at radius 3 is 1.33 bits per heavy atom. The van der Waals surface area contributed by atoms with Crippen LogP contribution < -0.4 is 6.15 Å². The van der Waals surface area contributed by atoms with Crippen molar-refractivity contribution in [2.45, 2.75) is 46.0 Å². The van der Waals surface area contributed by atoms with E-state index in [0.717, 1.165) is 0 Å². The van der Waals surface area contributed by atoms with Crippen molar-refractivity contribution in [3.63, 3.8) is 0 Å². The summed E-state index contributed by atoms with van der Waals surface area (Å²) < 4.78 is 0. The van der Waals surface area contributed by atoms with E-state index in [2.05, 4.69) is 13.8 Å². The van der Waals surface area contributed by atoms with Crippen LogP contribution in [-0.2, 0) is 0 Å². The summed E-state index contributed by atoms with van der Waals surface area (Å²) in [6.45, 7) is 4.49. The van der Waals surface area contributed by atoms with Gasteiger partial charge in [-0.05, 0) is 0 Å². The second-order valence-electron chi connectivity index (χ2n) is 2.06. The van der Waals surface area contributed by atoms with E-state index < -0.39 is 0 Å². The molecule has 60 valence electrons. The Labute approximate surface area is 89.2 Å². The molecule has 0 aliphatic heterocycles. The fraction of sp³-hybridized carbons (Fsp3) is 1.00. The summed E-state index contributed by atoms with van der Waals surface area (Å²) in [6, 6.07) is 0. The first-order valence-electron chi connectivity index (χ1n) is 3.41. The molecule has 3 N–H and O–H groups in total. The summed E-state index contributed by atoms with van der Waals surface area (Å²) >= 11 is 0. The summed E-state index contributed by atoms with van der Waals surface area (Å²) in [4.78, 5) is 0. The van der Waals surface area contributed by atoms with E-state index in [-0.39, 0.29) is 43.9 Å². The van der Waals surface area contributed by atoms with Gasteiger partial charge in [-0.1, -0.05) is 46.0 Å². The Morgan fingerprint density at radius 2 is 1.11 bits per heavy atom. The molecule has 1 nitrogen and oxygen atoms in total. The molecule has 0 radical (unpaired) electrons. The SMILES string of the molecule is CCCCCCC.N.[Ar]. The van der Waals surface area contributed by atoms with E-state index in [9.17, 15) is 0 Å². The number of unbranched alkanes of at least 4 members (excludes halogenated alkanes) is 4. The summed E-state index contributed by atoms with van der Waals surface area (Å²) in [6.07, 6.45) is 7.01. The van der Waals surface area contributed by atoms with Crippen LogP contribution in [-0.4, -0.2) is 0 Å². The van der Waals surface area contributed by atoms with E-state index in [1.807, 2.05) is 0 Å². The van der Waals surface area contributed by atoms with Gasteiger partial charge in [-0.3, -0.25) is 0 Å². The largest absolute Gasteiger partial charge is 0.344 e. The summed E-state index contributed by atoms with van der Waals surface area (Å²) in [5.41, 5.74) is 0. The molecule has 0 saturated heterocycles. The first-order valence-corrected chi connectivity index (χ1v) is 3.41. The third-order valence-corrected chi connectivity index (χ3v) is 1.21. The van der Waals surface area contributed by atoms with Gasteiger partial charge in [0.05, 0.1) is 0 Å². The molecule has 0 saturated carbocycles. The summed E-state index contributed by atoms with van der Waals surface area (Å²) in [5.74, 6) is 0. The Morgan fingerprint density at radius 1 is 0.778 bits per heavy atom. The van der Waals surface area contributed by atoms with Gasteiger partial charge in [-0.25, -0.2) is 0 Å². The van der Waals surface area contributed by atoms with Gasteiger partial charge in [-0.2, -0.15) is 0 Å². The van der Waals surface area contributed by atoms with Crippen molar-refractivity contribution in [1.82, 2.24) is 6.15 Å². The van der Waals surface area contributed by atoms with Gasteiger partial charge in [-0.15, -0.1) is 0 Å². The maximum absolute atomic E-state index is 2.25. The molecule has 0 fully saturated rings. The van der Waals surface area contributed by atoms with Gasteiger partial charge in [0.25, 0.3) is 0 Å². The molecule has 0 heterocycles. The van der Waals surface area contributed by atoms with Crippen molar-refractivity contribution >= 4 is 0 Å². The monoisotopic (exact) mass is 157 g/mol. The van der Waals surface area contributed by atoms with Crippen molar-refractivity contribution < 1.29 is 37.7 Å². The van der Waals surface area contributed by atoms with Crippen molar-refractivity contribution in [3.8, 4) is 0 Å². The molecule has 0 amide bonds. The van der Waals surface area contributed by atoms with Crippen LogP contribution in [0.1, 0.15) is 46.0 Å². The van der Waals surface area contributed by atoms with E-state index in [1.165, 1.54) is 32.1 Å². The first-order chi connectivity index (χ1) is 3.41.